The number of hydrogen-bond acceptors (Lipinski definition) is 3. The fourth-order valence-electron chi connectivity index (χ4n) is 6.13. The maximum absolute atomic E-state index is 14.6. The average molecular weight is 481 g/mol. The van der Waals surface area contributed by atoms with Gasteiger partial charge in [0, 0.05) is 5.56 Å². The summed E-state index contributed by atoms with van der Waals surface area (Å²) in [6, 6.07) is 3.29. The van der Waals surface area contributed by atoms with Crippen LogP contribution in [0.2, 0.25) is 0 Å². The summed E-state index contributed by atoms with van der Waals surface area (Å²) < 4.78 is 34.1. The van der Waals surface area contributed by atoms with Crippen LogP contribution in [0.4, 0.5) is 8.78 Å². The van der Waals surface area contributed by atoms with Gasteiger partial charge in [0.1, 0.15) is 0 Å². The van der Waals surface area contributed by atoms with Gasteiger partial charge in [-0.25, -0.2) is 4.39 Å². The van der Waals surface area contributed by atoms with Crippen LogP contribution in [0.5, 0.6) is 5.75 Å². The Kier molecular flexibility index (Phi) is 8.89. The predicted molar refractivity (Wildman–Crippen MR) is 134 cm³/mol. The molecule has 3 fully saturated rings. The molecule has 0 N–H and O–H groups in total. The van der Waals surface area contributed by atoms with Gasteiger partial charge in [0.15, 0.2) is 11.6 Å². The number of rotatable bonds is 6. The molecule has 0 atom stereocenters. The molecule has 0 radical (unpaired) electrons. The molecule has 1 aliphatic heterocycles. The maximum Gasteiger partial charge on any atom is 0.200 e. The van der Waals surface area contributed by atoms with Crippen LogP contribution in [0.25, 0.3) is 0 Å². The summed E-state index contributed by atoms with van der Waals surface area (Å²) in [4.78, 5) is 0. The molecule has 0 unspecified atom stereocenters. The van der Waals surface area contributed by atoms with Gasteiger partial charge in [-0.2, -0.15) is 4.39 Å². The van der Waals surface area contributed by atoms with Crippen LogP contribution in [0, 0.1) is 41.2 Å². The van der Waals surface area contributed by atoms with Crippen LogP contribution in [-0.2, 0) is 0 Å². The van der Waals surface area contributed by atoms with Crippen LogP contribution in [0.1, 0.15) is 75.4 Å². The largest absolute Gasteiger partial charge is 0.491 e. The Morgan fingerprint density at radius 2 is 1.41 bits per heavy atom. The van der Waals surface area contributed by atoms with Gasteiger partial charge in [-0.3, -0.25) is 0 Å². The molecule has 1 saturated heterocycles. The Labute approximate surface area is 201 Å². The fraction of sp³-hybridized carbons (Fsp3) is 0.704. The minimum atomic E-state index is -0.842. The first-order valence-electron chi connectivity index (χ1n) is 12.6. The highest BCUT2D eigenvalue weighted by Gasteiger charge is 2.36. The molecular formula is C27H38F2OS2. The van der Waals surface area contributed by atoms with E-state index in [1.54, 1.807) is 42.6 Å². The standard InChI is InChI=1S/C27H38F2OS2/c1-3-5-18-6-8-19(9-7-18)20-10-12-21(13-11-20)22-16-31-27(32-17-22)23-14-15-24(30-4-2)26(29)25(23)28/h3,5,14-15,18-22,27H,4,6-13,16-17H2,1-2H3. The van der Waals surface area contributed by atoms with Gasteiger partial charge >= 0.3 is 0 Å². The molecule has 0 amide bonds. The number of allylic oxidation sites excluding steroid dienone is 2. The first-order chi connectivity index (χ1) is 15.6. The third kappa shape index (κ3) is 5.68. The van der Waals surface area contributed by atoms with Gasteiger partial charge in [-0.15, -0.1) is 23.5 Å². The maximum atomic E-state index is 14.6. The molecule has 0 spiro atoms. The van der Waals surface area contributed by atoms with Gasteiger partial charge in [0.25, 0.3) is 0 Å². The number of ether oxygens (including phenoxy) is 1. The Morgan fingerprint density at radius 1 is 0.844 bits per heavy atom. The van der Waals surface area contributed by atoms with Crippen LogP contribution < -0.4 is 4.74 Å². The molecule has 178 valence electrons. The Morgan fingerprint density at radius 3 is 1.97 bits per heavy atom. The zero-order chi connectivity index (χ0) is 22.5. The van der Waals surface area contributed by atoms with E-state index in [-0.39, 0.29) is 10.3 Å². The molecule has 1 aromatic rings. The second-order valence-electron chi connectivity index (χ2n) is 9.85. The lowest BCUT2D eigenvalue weighted by molar-refractivity contribution is 0.140. The van der Waals surface area contributed by atoms with Gasteiger partial charge in [0.2, 0.25) is 5.82 Å². The van der Waals surface area contributed by atoms with Gasteiger partial charge < -0.3 is 4.74 Å². The van der Waals surface area contributed by atoms with Gasteiger partial charge in [0.05, 0.1) is 11.2 Å². The number of hydrogen-bond donors (Lipinski definition) is 0. The topological polar surface area (TPSA) is 9.23 Å². The van der Waals surface area contributed by atoms with E-state index >= 15 is 0 Å². The second kappa shape index (κ2) is 11.6. The minimum absolute atomic E-state index is 0.0138. The van der Waals surface area contributed by atoms with Crippen molar-refractivity contribution in [3.63, 3.8) is 0 Å². The van der Waals surface area contributed by atoms with Crippen LogP contribution in [-0.4, -0.2) is 18.1 Å². The molecule has 1 nitrogen and oxygen atoms in total. The lowest BCUT2D eigenvalue weighted by Crippen LogP contribution is -2.30. The predicted octanol–water partition coefficient (Wildman–Crippen LogP) is 8.65. The summed E-state index contributed by atoms with van der Waals surface area (Å²) in [7, 11) is 0. The van der Waals surface area contributed by atoms with Crippen molar-refractivity contribution in [1.29, 1.82) is 0 Å². The van der Waals surface area contributed by atoms with Crippen molar-refractivity contribution in [3.05, 3.63) is 41.5 Å². The van der Waals surface area contributed by atoms with Gasteiger partial charge in [-0.05, 0) is 112 Å². The summed E-state index contributed by atoms with van der Waals surface area (Å²) in [5.74, 6) is 4.82. The first kappa shape index (κ1) is 24.4. The highest BCUT2D eigenvalue weighted by Crippen LogP contribution is 2.51. The zero-order valence-corrected chi connectivity index (χ0v) is 21.2. The Bertz CT molecular complexity index is 759. The number of thioether (sulfide) groups is 2. The smallest absolute Gasteiger partial charge is 0.200 e. The van der Waals surface area contributed by atoms with Crippen molar-refractivity contribution >= 4 is 23.5 Å². The molecular weight excluding hydrogens is 442 g/mol. The SMILES string of the molecule is CC=CC1CCC(C2CCC(C3CSC(c4ccc(OCC)c(F)c4F)SC3)CC2)CC1. The summed E-state index contributed by atoms with van der Waals surface area (Å²) in [5.41, 5.74) is 0.483. The van der Waals surface area contributed by atoms with E-state index in [1.165, 1.54) is 51.4 Å². The van der Waals surface area contributed by atoms with E-state index in [9.17, 15) is 8.78 Å². The van der Waals surface area contributed by atoms with Crippen molar-refractivity contribution in [2.75, 3.05) is 18.1 Å². The molecule has 1 heterocycles. The molecule has 2 aliphatic carbocycles. The lowest BCUT2D eigenvalue weighted by atomic mass is 9.67. The highest BCUT2D eigenvalue weighted by atomic mass is 32.2. The number of halogens is 2. The molecule has 2 saturated carbocycles. The van der Waals surface area contributed by atoms with Crippen molar-refractivity contribution in [3.8, 4) is 5.75 Å². The van der Waals surface area contributed by atoms with E-state index in [4.69, 9.17) is 4.74 Å². The molecule has 32 heavy (non-hydrogen) atoms. The molecule has 3 aliphatic rings. The zero-order valence-electron chi connectivity index (χ0n) is 19.5. The fourth-order valence-corrected chi connectivity index (χ4v) is 9.49. The number of benzene rings is 1. The minimum Gasteiger partial charge on any atom is -0.491 e. The molecule has 5 heteroatoms. The normalized spacial score (nSPS) is 34.0. The van der Waals surface area contributed by atoms with Crippen molar-refractivity contribution in [1.82, 2.24) is 0 Å². The lowest BCUT2D eigenvalue weighted by Gasteiger charge is -2.41. The molecule has 4 rings (SSSR count). The van der Waals surface area contributed by atoms with E-state index < -0.39 is 11.6 Å². The van der Waals surface area contributed by atoms with Crippen molar-refractivity contribution < 1.29 is 13.5 Å². The van der Waals surface area contributed by atoms with E-state index in [2.05, 4.69) is 19.1 Å². The third-order valence-corrected chi connectivity index (χ3v) is 11.2. The second-order valence-corrected chi connectivity index (χ2v) is 12.4. The van der Waals surface area contributed by atoms with E-state index in [1.807, 2.05) is 0 Å². The van der Waals surface area contributed by atoms with Gasteiger partial charge in [-0.1, -0.05) is 18.2 Å². The first-order valence-corrected chi connectivity index (χ1v) is 14.7. The summed E-state index contributed by atoms with van der Waals surface area (Å²) in [6.07, 6.45) is 15.8. The van der Waals surface area contributed by atoms with Crippen molar-refractivity contribution in [2.45, 2.75) is 69.8 Å². The Hall–Kier alpha value is -0.680. The quantitative estimate of drug-likeness (QED) is 0.377. The average Bonchev–Trinajstić information content (AvgIpc) is 2.83. The van der Waals surface area contributed by atoms with Crippen LogP contribution >= 0.6 is 23.5 Å². The van der Waals surface area contributed by atoms with Crippen LogP contribution in [0.15, 0.2) is 24.3 Å². The molecule has 0 bridgehead atoms. The summed E-state index contributed by atoms with van der Waals surface area (Å²) in [6.45, 7) is 4.26. The third-order valence-electron chi connectivity index (χ3n) is 7.98. The highest BCUT2D eigenvalue weighted by molar-refractivity contribution is 8.16. The Balaban J connectivity index is 1.24. The van der Waals surface area contributed by atoms with Crippen LogP contribution in [0.3, 0.4) is 0 Å². The summed E-state index contributed by atoms with van der Waals surface area (Å²) in [5, 5.41) is 0. The molecule has 0 aromatic heterocycles. The molecule has 1 aromatic carbocycles. The van der Waals surface area contributed by atoms with E-state index in [0.717, 1.165) is 35.2 Å². The van der Waals surface area contributed by atoms with E-state index in [0.29, 0.717) is 18.1 Å². The van der Waals surface area contributed by atoms with Crippen molar-refractivity contribution in [2.24, 2.45) is 29.6 Å². The summed E-state index contributed by atoms with van der Waals surface area (Å²) >= 11 is 3.61. The monoisotopic (exact) mass is 480 g/mol.